The number of hydrogen-bond acceptors (Lipinski definition) is 3. The second-order valence-electron chi connectivity index (χ2n) is 8.21. The van der Waals surface area contributed by atoms with Gasteiger partial charge in [-0.2, -0.15) is 30.0 Å². The third-order valence-electron chi connectivity index (χ3n) is 5.97. The van der Waals surface area contributed by atoms with Gasteiger partial charge >= 0.3 is 12.2 Å². The fourth-order valence-corrected chi connectivity index (χ4v) is 4.85. The Labute approximate surface area is 211 Å². The summed E-state index contributed by atoms with van der Waals surface area (Å²) in [5.41, 5.74) is 1.55. The van der Waals surface area contributed by atoms with Crippen LogP contribution in [0.2, 0.25) is 5.02 Å². The summed E-state index contributed by atoms with van der Waals surface area (Å²) >= 11 is 7.82. The molecule has 4 nitrogen and oxygen atoms in total. The van der Waals surface area contributed by atoms with Crippen LogP contribution in [0.15, 0.2) is 84.0 Å². The zero-order valence-corrected chi connectivity index (χ0v) is 20.4. The lowest BCUT2D eigenvalue weighted by molar-refractivity contribution is -0.137. The molecule has 0 saturated carbocycles. The first-order valence-electron chi connectivity index (χ1n) is 10.9. The zero-order valence-electron chi connectivity index (χ0n) is 18.8. The lowest BCUT2D eigenvalue weighted by Gasteiger charge is -2.31. The molecule has 0 spiro atoms. The number of carbonyl (C=O) groups excluding carboxylic acids is 1. The molecule has 0 aliphatic carbocycles. The Morgan fingerprint density at radius 3 is 2.31 bits per heavy atom. The highest BCUT2D eigenvalue weighted by Gasteiger charge is 2.46. The van der Waals surface area contributed by atoms with Gasteiger partial charge in [-0.05, 0) is 66.0 Å². The second kappa shape index (κ2) is 10.3. The maximum absolute atomic E-state index is 13.2. The molecule has 1 N–H and O–H groups in total. The van der Waals surface area contributed by atoms with E-state index in [-0.39, 0.29) is 5.69 Å². The summed E-state index contributed by atoms with van der Waals surface area (Å²) in [6.45, 7) is 0.294. The summed E-state index contributed by atoms with van der Waals surface area (Å²) in [6.07, 6.45) is -1.67. The van der Waals surface area contributed by atoms with Crippen molar-refractivity contribution in [1.82, 2.24) is 5.01 Å². The molecule has 0 fully saturated rings. The van der Waals surface area contributed by atoms with Crippen LogP contribution in [-0.2, 0) is 11.6 Å². The molecule has 0 saturated heterocycles. The number of hydrogen-bond donors (Lipinski definition) is 1. The highest BCUT2D eigenvalue weighted by molar-refractivity contribution is 7.98. The number of carbonyl (C=O) groups is 1. The largest absolute Gasteiger partial charge is 0.416 e. The zero-order chi connectivity index (χ0) is 25.1. The number of nitrogens with one attached hydrogen (secondary N) is 1. The van der Waals surface area contributed by atoms with Crippen LogP contribution in [0.4, 0.5) is 23.7 Å². The van der Waals surface area contributed by atoms with Crippen LogP contribution in [-0.4, -0.2) is 35.3 Å². The predicted molar refractivity (Wildman–Crippen MR) is 136 cm³/mol. The molecule has 4 rings (SSSR count). The first-order chi connectivity index (χ1) is 16.7. The molecule has 1 aliphatic rings. The van der Waals surface area contributed by atoms with Crippen LogP contribution in [0.3, 0.4) is 0 Å². The van der Waals surface area contributed by atoms with Crippen LogP contribution in [0.5, 0.6) is 0 Å². The van der Waals surface area contributed by atoms with E-state index >= 15 is 0 Å². The number of anilines is 1. The Bertz CT molecular complexity index is 1200. The maximum atomic E-state index is 13.2. The molecular formula is C26H23ClF3N3OS. The van der Waals surface area contributed by atoms with Crippen LogP contribution in [0.1, 0.15) is 23.1 Å². The minimum absolute atomic E-state index is 0.257. The minimum atomic E-state index is -4.44. The van der Waals surface area contributed by atoms with Gasteiger partial charge in [-0.25, -0.2) is 9.80 Å². The van der Waals surface area contributed by atoms with Gasteiger partial charge < -0.3 is 5.32 Å². The number of thioether (sulfide) groups is 1. The van der Waals surface area contributed by atoms with Crippen molar-refractivity contribution in [1.29, 1.82) is 0 Å². The molecule has 9 heteroatoms. The molecule has 0 radical (unpaired) electrons. The summed E-state index contributed by atoms with van der Waals surface area (Å²) in [7, 11) is 0. The fourth-order valence-electron chi connectivity index (χ4n) is 4.18. The highest BCUT2D eigenvalue weighted by atomic mass is 35.5. The van der Waals surface area contributed by atoms with Crippen molar-refractivity contribution in [3.8, 4) is 0 Å². The van der Waals surface area contributed by atoms with Gasteiger partial charge in [0.1, 0.15) is 0 Å². The number of rotatable bonds is 6. The van der Waals surface area contributed by atoms with E-state index in [1.807, 2.05) is 48.7 Å². The van der Waals surface area contributed by atoms with E-state index in [1.165, 1.54) is 17.1 Å². The fraction of sp³-hybridized carbons (Fsp3) is 0.231. The van der Waals surface area contributed by atoms with Crippen LogP contribution in [0.25, 0.3) is 0 Å². The molecule has 1 unspecified atom stereocenters. The monoisotopic (exact) mass is 517 g/mol. The van der Waals surface area contributed by atoms with Crippen molar-refractivity contribution in [3.63, 3.8) is 0 Å². The number of benzene rings is 3. The molecular weight excluding hydrogens is 495 g/mol. The van der Waals surface area contributed by atoms with E-state index in [9.17, 15) is 18.0 Å². The van der Waals surface area contributed by atoms with E-state index in [0.717, 1.165) is 41.1 Å². The summed E-state index contributed by atoms with van der Waals surface area (Å²) in [4.78, 5) is 13.2. The predicted octanol–water partition coefficient (Wildman–Crippen LogP) is 7.30. The first-order valence-corrected chi connectivity index (χ1v) is 12.7. The number of halogens is 4. The summed E-state index contributed by atoms with van der Waals surface area (Å²) in [5, 5.41) is 9.36. The van der Waals surface area contributed by atoms with E-state index in [1.54, 1.807) is 23.9 Å². The topological polar surface area (TPSA) is 44.7 Å². The van der Waals surface area contributed by atoms with Crippen molar-refractivity contribution < 1.29 is 18.0 Å². The van der Waals surface area contributed by atoms with Gasteiger partial charge in [-0.15, -0.1) is 0 Å². The van der Waals surface area contributed by atoms with Crippen molar-refractivity contribution in [3.05, 3.63) is 101 Å². The lowest BCUT2D eigenvalue weighted by Crippen LogP contribution is -2.41. The Kier molecular flexibility index (Phi) is 7.42. The highest BCUT2D eigenvalue weighted by Crippen LogP contribution is 2.39. The summed E-state index contributed by atoms with van der Waals surface area (Å²) < 4.78 is 38.6. The van der Waals surface area contributed by atoms with Gasteiger partial charge in [-0.3, -0.25) is 0 Å². The summed E-state index contributed by atoms with van der Waals surface area (Å²) in [6, 6.07) is 21.1. The number of amides is 2. The third kappa shape index (κ3) is 5.49. The van der Waals surface area contributed by atoms with Crippen molar-refractivity contribution >= 4 is 40.8 Å². The van der Waals surface area contributed by atoms with Crippen molar-refractivity contribution in [2.45, 2.75) is 18.0 Å². The average Bonchev–Trinajstić information content (AvgIpc) is 3.24. The molecule has 1 atom stereocenters. The molecule has 0 aromatic heterocycles. The van der Waals surface area contributed by atoms with E-state index in [2.05, 4.69) is 5.32 Å². The SMILES string of the molecule is CSCCC1(c2ccccc2)CN(C(=O)Nc2ccc(C(F)(F)F)cc2)N=C1c1ccc(Cl)cc1. The van der Waals surface area contributed by atoms with Crippen LogP contribution >= 0.6 is 23.4 Å². The number of hydrazone groups is 1. The number of urea groups is 1. The molecule has 182 valence electrons. The van der Waals surface area contributed by atoms with E-state index < -0.39 is 23.2 Å². The maximum Gasteiger partial charge on any atom is 0.416 e. The standard InChI is InChI=1S/C26H23ClF3N3OS/c1-35-16-15-25(19-5-3-2-4-6-19)17-33(32-23(25)18-7-11-21(27)12-8-18)24(34)31-22-13-9-20(10-14-22)26(28,29)30/h2-14H,15-17H2,1H3,(H,31,34). The van der Waals surface area contributed by atoms with Gasteiger partial charge in [0.2, 0.25) is 0 Å². The quantitative estimate of drug-likeness (QED) is 0.373. The average molecular weight is 518 g/mol. The normalized spacial score (nSPS) is 17.9. The Morgan fingerprint density at radius 1 is 1.06 bits per heavy atom. The third-order valence-corrected chi connectivity index (χ3v) is 6.83. The molecule has 3 aromatic carbocycles. The number of nitrogens with zero attached hydrogens (tertiary/aromatic N) is 2. The van der Waals surface area contributed by atoms with Crippen molar-refractivity contribution in [2.24, 2.45) is 5.10 Å². The van der Waals surface area contributed by atoms with Gasteiger partial charge in [0.25, 0.3) is 0 Å². The first kappa shape index (κ1) is 25.1. The Morgan fingerprint density at radius 2 is 1.71 bits per heavy atom. The second-order valence-corrected chi connectivity index (χ2v) is 9.63. The molecule has 3 aromatic rings. The minimum Gasteiger partial charge on any atom is -0.306 e. The van der Waals surface area contributed by atoms with Crippen LogP contribution in [0, 0.1) is 0 Å². The van der Waals surface area contributed by atoms with Gasteiger partial charge in [-0.1, -0.05) is 54.1 Å². The molecule has 1 heterocycles. The van der Waals surface area contributed by atoms with E-state index in [0.29, 0.717) is 11.6 Å². The van der Waals surface area contributed by atoms with Crippen LogP contribution < -0.4 is 5.32 Å². The van der Waals surface area contributed by atoms with Crippen molar-refractivity contribution in [2.75, 3.05) is 23.9 Å². The molecule has 1 aliphatic heterocycles. The number of alkyl halides is 3. The van der Waals surface area contributed by atoms with Gasteiger partial charge in [0, 0.05) is 10.7 Å². The molecule has 35 heavy (non-hydrogen) atoms. The molecule has 0 bridgehead atoms. The van der Waals surface area contributed by atoms with Gasteiger partial charge in [0.05, 0.1) is 23.2 Å². The summed E-state index contributed by atoms with van der Waals surface area (Å²) in [5.74, 6) is 0.843. The molecule has 2 amide bonds. The Balaban J connectivity index is 1.69. The smallest absolute Gasteiger partial charge is 0.306 e. The van der Waals surface area contributed by atoms with Gasteiger partial charge in [0.15, 0.2) is 0 Å². The Hall–Kier alpha value is -2.97. The van der Waals surface area contributed by atoms with E-state index in [4.69, 9.17) is 16.7 Å². The lowest BCUT2D eigenvalue weighted by atomic mass is 9.72.